The fraction of sp³-hybridized carbons (Fsp3) is 0.333. The molecule has 0 bridgehead atoms. The lowest BCUT2D eigenvalue weighted by Crippen LogP contribution is -2.34. The SMILES string of the molecule is CC1CNc2c(sc3ccc4nc(-c5ccc(C6CCN(C)CC6)c(N)c5)ccc4c23)C(=O)N1. The number of thiophene rings is 1. The van der Waals surface area contributed by atoms with E-state index in [2.05, 4.69) is 59.0 Å². The Labute approximate surface area is 203 Å². The van der Waals surface area contributed by atoms with Crippen LogP contribution in [0.25, 0.3) is 32.2 Å². The van der Waals surface area contributed by atoms with E-state index in [1.165, 1.54) is 16.9 Å². The number of aromatic nitrogens is 1. The Hall–Kier alpha value is -3.16. The lowest BCUT2D eigenvalue weighted by Gasteiger charge is -2.30. The highest BCUT2D eigenvalue weighted by Gasteiger charge is 2.25. The summed E-state index contributed by atoms with van der Waals surface area (Å²) < 4.78 is 1.09. The maximum absolute atomic E-state index is 12.7. The number of nitrogen functional groups attached to an aromatic ring is 1. The van der Waals surface area contributed by atoms with E-state index in [1.54, 1.807) is 0 Å². The maximum atomic E-state index is 12.7. The molecule has 0 saturated carbocycles. The number of rotatable bonds is 2. The number of benzene rings is 2. The Morgan fingerprint density at radius 3 is 2.74 bits per heavy atom. The summed E-state index contributed by atoms with van der Waals surface area (Å²) in [6, 6.07) is 14.8. The van der Waals surface area contributed by atoms with Crippen LogP contribution in [0.4, 0.5) is 11.4 Å². The molecule has 2 aliphatic rings. The first-order valence-electron chi connectivity index (χ1n) is 12.0. The summed E-state index contributed by atoms with van der Waals surface area (Å²) in [6.45, 7) is 4.96. The molecule has 4 N–H and O–H groups in total. The zero-order valence-electron chi connectivity index (χ0n) is 19.5. The monoisotopic (exact) mass is 471 g/mol. The number of likely N-dealkylation sites (tertiary alicyclic amines) is 1. The van der Waals surface area contributed by atoms with Crippen molar-refractivity contribution in [2.75, 3.05) is 37.7 Å². The molecule has 1 saturated heterocycles. The number of amides is 1. The molecule has 0 radical (unpaired) electrons. The lowest BCUT2D eigenvalue weighted by molar-refractivity contribution is 0.0949. The van der Waals surface area contributed by atoms with Gasteiger partial charge in [0, 0.05) is 39.3 Å². The van der Waals surface area contributed by atoms with Gasteiger partial charge >= 0.3 is 0 Å². The van der Waals surface area contributed by atoms with Gasteiger partial charge < -0.3 is 21.3 Å². The lowest BCUT2D eigenvalue weighted by atomic mass is 9.87. The van der Waals surface area contributed by atoms with Crippen molar-refractivity contribution in [2.45, 2.75) is 31.7 Å². The minimum atomic E-state index is -0.00777. The van der Waals surface area contributed by atoms with Crippen molar-refractivity contribution >= 4 is 49.6 Å². The van der Waals surface area contributed by atoms with E-state index in [0.717, 1.165) is 74.4 Å². The van der Waals surface area contributed by atoms with Gasteiger partial charge in [-0.3, -0.25) is 4.79 Å². The molecular weight excluding hydrogens is 442 g/mol. The molecule has 1 unspecified atom stereocenters. The molecule has 1 amide bonds. The molecule has 34 heavy (non-hydrogen) atoms. The van der Waals surface area contributed by atoms with Crippen molar-refractivity contribution in [1.29, 1.82) is 0 Å². The number of hydrogen-bond acceptors (Lipinski definition) is 6. The topological polar surface area (TPSA) is 83.3 Å². The molecule has 2 aliphatic heterocycles. The first kappa shape index (κ1) is 21.4. The van der Waals surface area contributed by atoms with Gasteiger partial charge in [-0.25, -0.2) is 4.98 Å². The van der Waals surface area contributed by atoms with Crippen LogP contribution in [0.1, 0.15) is 40.9 Å². The van der Waals surface area contributed by atoms with Crippen molar-refractivity contribution in [3.05, 3.63) is 52.9 Å². The van der Waals surface area contributed by atoms with E-state index >= 15 is 0 Å². The number of nitrogens with one attached hydrogen (secondary N) is 2. The number of carbonyl (C=O) groups is 1. The molecule has 2 aromatic carbocycles. The number of carbonyl (C=O) groups excluding carboxylic acids is 1. The predicted octanol–water partition coefficient (Wildman–Crippen LogP) is 5.05. The molecule has 2 aromatic heterocycles. The van der Waals surface area contributed by atoms with Gasteiger partial charge in [0.1, 0.15) is 4.88 Å². The fourth-order valence-corrected chi connectivity index (χ4v) is 6.41. The molecule has 4 aromatic rings. The van der Waals surface area contributed by atoms with Crippen molar-refractivity contribution in [3.8, 4) is 11.3 Å². The molecule has 6 nitrogen and oxygen atoms in total. The summed E-state index contributed by atoms with van der Waals surface area (Å²) in [7, 11) is 2.18. The number of fused-ring (bicyclic) bond motifs is 5. The molecule has 0 aliphatic carbocycles. The van der Waals surface area contributed by atoms with E-state index in [0.29, 0.717) is 12.5 Å². The van der Waals surface area contributed by atoms with Crippen LogP contribution in [0.2, 0.25) is 0 Å². The quantitative estimate of drug-likeness (QED) is 0.356. The largest absolute Gasteiger partial charge is 0.398 e. The third kappa shape index (κ3) is 3.60. The third-order valence-electron chi connectivity index (χ3n) is 7.23. The van der Waals surface area contributed by atoms with Crippen LogP contribution < -0.4 is 16.4 Å². The second kappa shape index (κ2) is 8.25. The fourth-order valence-electron chi connectivity index (χ4n) is 5.31. The van der Waals surface area contributed by atoms with E-state index in [4.69, 9.17) is 10.7 Å². The van der Waals surface area contributed by atoms with Gasteiger partial charge in [0.05, 0.1) is 16.9 Å². The molecule has 4 heterocycles. The summed E-state index contributed by atoms with van der Waals surface area (Å²) in [5.74, 6) is 0.524. The maximum Gasteiger partial charge on any atom is 0.263 e. The number of nitrogens with two attached hydrogens (primary N) is 1. The minimum absolute atomic E-state index is 0.00777. The Morgan fingerprint density at radius 1 is 1.12 bits per heavy atom. The molecule has 174 valence electrons. The van der Waals surface area contributed by atoms with Crippen LogP contribution in [-0.2, 0) is 0 Å². The number of nitrogens with zero attached hydrogens (tertiary/aromatic N) is 2. The van der Waals surface area contributed by atoms with Gasteiger partial charge in [-0.2, -0.15) is 0 Å². The van der Waals surface area contributed by atoms with Gasteiger partial charge in [0.2, 0.25) is 0 Å². The van der Waals surface area contributed by atoms with Crippen LogP contribution in [0, 0.1) is 0 Å². The highest BCUT2D eigenvalue weighted by Crippen LogP contribution is 2.41. The summed E-state index contributed by atoms with van der Waals surface area (Å²) in [5.41, 5.74) is 12.4. The van der Waals surface area contributed by atoms with E-state index in [9.17, 15) is 4.79 Å². The molecular formula is C27H29N5OS. The van der Waals surface area contributed by atoms with Crippen LogP contribution >= 0.6 is 11.3 Å². The minimum Gasteiger partial charge on any atom is -0.398 e. The molecule has 1 atom stereocenters. The normalized spacial score (nSPS) is 19.6. The first-order chi connectivity index (χ1) is 16.5. The van der Waals surface area contributed by atoms with Gasteiger partial charge in [-0.05, 0) is 81.7 Å². The first-order valence-corrected chi connectivity index (χ1v) is 12.8. The molecule has 0 spiro atoms. The van der Waals surface area contributed by atoms with Gasteiger partial charge in [0.25, 0.3) is 5.91 Å². The summed E-state index contributed by atoms with van der Waals surface area (Å²) >= 11 is 1.53. The van der Waals surface area contributed by atoms with Crippen LogP contribution in [0.5, 0.6) is 0 Å². The number of hydrogen-bond donors (Lipinski definition) is 3. The highest BCUT2D eigenvalue weighted by atomic mass is 32.1. The van der Waals surface area contributed by atoms with Crippen molar-refractivity contribution in [1.82, 2.24) is 15.2 Å². The second-order valence-corrected chi connectivity index (χ2v) is 10.7. The average molecular weight is 472 g/mol. The second-order valence-electron chi connectivity index (χ2n) is 9.68. The van der Waals surface area contributed by atoms with E-state index in [1.807, 2.05) is 13.0 Å². The highest BCUT2D eigenvalue weighted by molar-refractivity contribution is 7.21. The van der Waals surface area contributed by atoms with Crippen molar-refractivity contribution in [2.24, 2.45) is 0 Å². The van der Waals surface area contributed by atoms with Gasteiger partial charge in [-0.15, -0.1) is 11.3 Å². The summed E-state index contributed by atoms with van der Waals surface area (Å²) in [5, 5.41) is 8.69. The molecule has 7 heteroatoms. The molecule has 6 rings (SSSR count). The third-order valence-corrected chi connectivity index (χ3v) is 8.39. The summed E-state index contributed by atoms with van der Waals surface area (Å²) in [6.07, 6.45) is 2.31. The number of anilines is 2. The van der Waals surface area contributed by atoms with Crippen molar-refractivity contribution in [3.63, 3.8) is 0 Å². The van der Waals surface area contributed by atoms with Gasteiger partial charge in [-0.1, -0.05) is 12.1 Å². The number of piperidine rings is 1. The Morgan fingerprint density at radius 2 is 1.94 bits per heavy atom. The predicted molar refractivity (Wildman–Crippen MR) is 142 cm³/mol. The van der Waals surface area contributed by atoms with E-state index in [-0.39, 0.29) is 11.9 Å². The zero-order chi connectivity index (χ0) is 23.4. The Balaban J connectivity index is 1.38. The van der Waals surface area contributed by atoms with E-state index < -0.39 is 0 Å². The zero-order valence-corrected chi connectivity index (χ0v) is 20.3. The standard InChI is InChI=1S/C27H29N5OS/c1-15-14-29-25-24-19-5-6-21(31-22(19)7-8-23(24)34-26(25)27(33)30-15)17-3-4-18(20(28)13-17)16-9-11-32(2)12-10-16/h3-8,13,15-16,29H,9-12,14,28H2,1-2H3,(H,30,33). The van der Waals surface area contributed by atoms with Crippen molar-refractivity contribution < 1.29 is 4.79 Å². The van der Waals surface area contributed by atoms with Crippen LogP contribution in [0.15, 0.2) is 42.5 Å². The average Bonchev–Trinajstić information content (AvgIpc) is 3.16. The number of pyridine rings is 1. The van der Waals surface area contributed by atoms with Crippen LogP contribution in [-0.4, -0.2) is 48.5 Å². The van der Waals surface area contributed by atoms with Crippen LogP contribution in [0.3, 0.4) is 0 Å². The molecule has 1 fully saturated rings. The Bertz CT molecular complexity index is 1420. The Kier molecular flexibility index (Phi) is 5.19. The van der Waals surface area contributed by atoms with Gasteiger partial charge in [0.15, 0.2) is 0 Å². The smallest absolute Gasteiger partial charge is 0.263 e. The summed E-state index contributed by atoms with van der Waals surface area (Å²) in [4.78, 5) is 20.8.